The molecule has 4 N–H and O–H groups in total. The van der Waals surface area contributed by atoms with Gasteiger partial charge in [-0.15, -0.1) is 0 Å². The number of aromatic hydroxyl groups is 1. The van der Waals surface area contributed by atoms with E-state index in [0.29, 0.717) is 18.7 Å². The normalized spacial score (nSPS) is 12.5. The largest absolute Gasteiger partial charge is 0.508 e. The predicted molar refractivity (Wildman–Crippen MR) is 76.8 cm³/mol. The number of hydrogen-bond acceptors (Lipinski definition) is 7. The molecule has 0 saturated heterocycles. The van der Waals surface area contributed by atoms with Gasteiger partial charge in [0.2, 0.25) is 5.89 Å². The maximum absolute atomic E-state index is 10.9. The Balaban J connectivity index is 2.00. The summed E-state index contributed by atoms with van der Waals surface area (Å²) >= 11 is 0. The second kappa shape index (κ2) is 7.01. The van der Waals surface area contributed by atoms with Gasteiger partial charge >= 0.3 is 0 Å². The maximum Gasteiger partial charge on any atom is 0.290 e. The van der Waals surface area contributed by atoms with Gasteiger partial charge in [0.15, 0.2) is 0 Å². The molecule has 0 saturated carbocycles. The first-order chi connectivity index (χ1) is 10.5. The van der Waals surface area contributed by atoms with Crippen LogP contribution in [0, 0.1) is 0 Å². The minimum atomic E-state index is -0.773. The lowest BCUT2D eigenvalue weighted by Crippen LogP contribution is -2.28. The van der Waals surface area contributed by atoms with Crippen molar-refractivity contribution in [2.24, 2.45) is 5.73 Å². The van der Waals surface area contributed by atoms with Crippen molar-refractivity contribution in [3.8, 4) is 5.75 Å². The number of rotatable bonds is 7. The van der Waals surface area contributed by atoms with Crippen LogP contribution < -0.4 is 5.73 Å². The number of aliphatic hydroxyl groups excluding tert-OH is 1. The van der Waals surface area contributed by atoms with Crippen LogP contribution in [0.3, 0.4) is 0 Å². The van der Waals surface area contributed by atoms with Crippen LogP contribution in [-0.4, -0.2) is 44.3 Å². The molecule has 0 spiro atoms. The summed E-state index contributed by atoms with van der Waals surface area (Å²) < 4.78 is 4.94. The van der Waals surface area contributed by atoms with Gasteiger partial charge < -0.3 is 20.5 Å². The summed E-state index contributed by atoms with van der Waals surface area (Å²) in [6.45, 7) is 3.14. The smallest absolute Gasteiger partial charge is 0.290 e. The minimum absolute atomic E-state index is 0.0996. The van der Waals surface area contributed by atoms with Crippen molar-refractivity contribution in [1.82, 2.24) is 15.0 Å². The number of carbonyl (C=O) groups is 1. The summed E-state index contributed by atoms with van der Waals surface area (Å²) in [5.74, 6) is -0.571. The molecule has 1 aromatic heterocycles. The first-order valence-corrected chi connectivity index (χ1v) is 6.81. The molecule has 1 atom stereocenters. The Morgan fingerprint density at radius 1 is 1.50 bits per heavy atom. The Bertz CT molecular complexity index is 643. The van der Waals surface area contributed by atoms with Crippen molar-refractivity contribution in [1.29, 1.82) is 0 Å². The molecule has 8 nitrogen and oxygen atoms in total. The Hall–Kier alpha value is -2.45. The molecule has 0 unspecified atom stereocenters. The van der Waals surface area contributed by atoms with Crippen molar-refractivity contribution >= 4 is 5.91 Å². The van der Waals surface area contributed by atoms with Crippen LogP contribution >= 0.6 is 0 Å². The number of benzene rings is 1. The molecular weight excluding hydrogens is 288 g/mol. The summed E-state index contributed by atoms with van der Waals surface area (Å²) in [5, 5.41) is 23.1. The molecule has 118 valence electrons. The zero-order valence-electron chi connectivity index (χ0n) is 12.1. The first kappa shape index (κ1) is 15.9. The molecule has 0 bridgehead atoms. The van der Waals surface area contributed by atoms with E-state index < -0.39 is 12.0 Å². The monoisotopic (exact) mass is 306 g/mol. The topological polar surface area (TPSA) is 126 Å². The second-order valence-electron chi connectivity index (χ2n) is 4.81. The van der Waals surface area contributed by atoms with Crippen molar-refractivity contribution in [2.75, 3.05) is 13.1 Å². The van der Waals surface area contributed by atoms with Crippen molar-refractivity contribution < 1.29 is 19.5 Å². The lowest BCUT2D eigenvalue weighted by molar-refractivity contribution is 0.0987. The average Bonchev–Trinajstić information content (AvgIpc) is 2.95. The highest BCUT2D eigenvalue weighted by Gasteiger charge is 2.17. The zero-order chi connectivity index (χ0) is 16.1. The van der Waals surface area contributed by atoms with Crippen LogP contribution in [0.1, 0.15) is 35.1 Å². The summed E-state index contributed by atoms with van der Waals surface area (Å²) in [6, 6.07) is 6.45. The van der Waals surface area contributed by atoms with E-state index in [9.17, 15) is 15.0 Å². The number of phenols is 1. The second-order valence-corrected chi connectivity index (χ2v) is 4.81. The molecule has 8 heteroatoms. The summed E-state index contributed by atoms with van der Waals surface area (Å²) in [7, 11) is 0. The van der Waals surface area contributed by atoms with E-state index in [0.717, 1.165) is 0 Å². The molecule has 2 aromatic rings. The zero-order valence-corrected chi connectivity index (χ0v) is 12.1. The molecule has 0 radical (unpaired) electrons. The third-order valence-electron chi connectivity index (χ3n) is 3.18. The number of aromatic nitrogens is 2. The summed E-state index contributed by atoms with van der Waals surface area (Å²) in [5.41, 5.74) is 5.67. The van der Waals surface area contributed by atoms with Crippen LogP contribution in [0.2, 0.25) is 0 Å². The molecule has 22 heavy (non-hydrogen) atoms. The highest BCUT2D eigenvalue weighted by molar-refractivity contribution is 5.88. The highest BCUT2D eigenvalue weighted by Crippen LogP contribution is 2.19. The van der Waals surface area contributed by atoms with E-state index >= 15 is 0 Å². The molecular formula is C14H18N4O4. The minimum Gasteiger partial charge on any atom is -0.508 e. The number of nitrogens with zero attached hydrogens (tertiary/aromatic N) is 3. The Morgan fingerprint density at radius 2 is 2.27 bits per heavy atom. The van der Waals surface area contributed by atoms with Crippen LogP contribution in [0.4, 0.5) is 0 Å². The van der Waals surface area contributed by atoms with E-state index in [4.69, 9.17) is 10.3 Å². The van der Waals surface area contributed by atoms with Crippen molar-refractivity contribution in [3.05, 3.63) is 41.5 Å². The average molecular weight is 306 g/mol. The maximum atomic E-state index is 10.9. The van der Waals surface area contributed by atoms with Crippen LogP contribution in [0.5, 0.6) is 5.75 Å². The summed E-state index contributed by atoms with van der Waals surface area (Å²) in [6.07, 6.45) is -0.773. The van der Waals surface area contributed by atoms with Gasteiger partial charge in [0, 0.05) is 6.54 Å². The van der Waals surface area contributed by atoms with E-state index in [1.54, 1.807) is 12.1 Å². The van der Waals surface area contributed by atoms with Gasteiger partial charge in [-0.05, 0) is 24.2 Å². The quantitative estimate of drug-likeness (QED) is 0.677. The number of amides is 1. The fraction of sp³-hybridized carbons (Fsp3) is 0.357. The van der Waals surface area contributed by atoms with E-state index in [1.165, 1.54) is 12.1 Å². The Morgan fingerprint density at radius 3 is 2.86 bits per heavy atom. The third-order valence-corrected chi connectivity index (χ3v) is 3.18. The Labute approximate surface area is 127 Å². The number of aliphatic hydroxyl groups is 1. The number of hydrogen-bond donors (Lipinski definition) is 3. The number of phenolic OH excluding ortho intramolecular Hbond substituents is 1. The lowest BCUT2D eigenvalue weighted by atomic mass is 10.1. The van der Waals surface area contributed by atoms with Gasteiger partial charge in [0.25, 0.3) is 11.7 Å². The van der Waals surface area contributed by atoms with Crippen molar-refractivity contribution in [3.63, 3.8) is 0 Å². The molecule has 0 aliphatic heterocycles. The van der Waals surface area contributed by atoms with E-state index in [1.807, 2.05) is 11.8 Å². The number of carbonyl (C=O) groups excluding carboxylic acids is 1. The van der Waals surface area contributed by atoms with Crippen LogP contribution in [0.15, 0.2) is 28.8 Å². The molecule has 2 rings (SSSR count). The number of likely N-dealkylation sites (N-methyl/N-ethyl adjacent to an activating group) is 1. The molecule has 0 fully saturated rings. The van der Waals surface area contributed by atoms with Crippen LogP contribution in [-0.2, 0) is 6.54 Å². The standard InChI is InChI=1S/C14H18N4O4/c1-2-18(8-12-16-14(13(15)21)17-22-12)7-11(20)9-4-3-5-10(19)6-9/h3-6,11,19-20H,2,7-8H2,1H3,(H2,15,21)/t11-/m0/s1. The first-order valence-electron chi connectivity index (χ1n) is 6.81. The SMILES string of the molecule is CCN(Cc1nc(C(N)=O)no1)C[C@H](O)c1cccc(O)c1. The Kier molecular flexibility index (Phi) is 5.08. The van der Waals surface area contributed by atoms with Gasteiger partial charge in [-0.25, -0.2) is 0 Å². The van der Waals surface area contributed by atoms with Gasteiger partial charge in [0.05, 0.1) is 12.6 Å². The van der Waals surface area contributed by atoms with E-state index in [2.05, 4.69) is 10.1 Å². The predicted octanol–water partition coefficient (Wildman–Crippen LogP) is 0.430. The van der Waals surface area contributed by atoms with Crippen LogP contribution in [0.25, 0.3) is 0 Å². The molecule has 1 heterocycles. The molecule has 1 amide bonds. The van der Waals surface area contributed by atoms with Gasteiger partial charge in [-0.3, -0.25) is 9.69 Å². The number of nitrogens with two attached hydrogens (primary N) is 1. The fourth-order valence-electron chi connectivity index (χ4n) is 2.00. The molecule has 0 aliphatic rings. The molecule has 1 aromatic carbocycles. The van der Waals surface area contributed by atoms with Gasteiger partial charge in [-0.2, -0.15) is 4.98 Å². The van der Waals surface area contributed by atoms with Gasteiger partial charge in [-0.1, -0.05) is 24.2 Å². The third kappa shape index (κ3) is 4.03. The van der Waals surface area contributed by atoms with E-state index in [-0.39, 0.29) is 24.0 Å². The van der Waals surface area contributed by atoms with Crippen molar-refractivity contribution in [2.45, 2.75) is 19.6 Å². The lowest BCUT2D eigenvalue weighted by Gasteiger charge is -2.22. The molecule has 0 aliphatic carbocycles. The van der Waals surface area contributed by atoms with Gasteiger partial charge in [0.1, 0.15) is 5.75 Å². The summed E-state index contributed by atoms with van der Waals surface area (Å²) in [4.78, 5) is 16.7. The number of primary amides is 1. The fourth-order valence-corrected chi connectivity index (χ4v) is 2.00. The highest BCUT2D eigenvalue weighted by atomic mass is 16.5.